The van der Waals surface area contributed by atoms with Crippen molar-refractivity contribution in [1.82, 2.24) is 34.8 Å². The lowest BCUT2D eigenvalue weighted by molar-refractivity contribution is 0.0955. The third-order valence-electron chi connectivity index (χ3n) is 7.80. The highest BCUT2D eigenvalue weighted by atomic mass is 16.5. The Morgan fingerprint density at radius 2 is 2.05 bits per heavy atom. The highest BCUT2D eigenvalue weighted by molar-refractivity contribution is 5.93. The summed E-state index contributed by atoms with van der Waals surface area (Å²) >= 11 is 0. The standard InChI is InChI=1S/C30H36N8O3/c1-30(2,3)28-35-27(36-41-28)26(39)14-19-8-11-38(23-9-12-40-18-23)16-21-13-20(5-6-24(19)21)25-7-10-31-29(34-25)33-22-15-32-37(4)17-22/h5-7,10,13,15,17,19,23H,8-9,11-12,14,16,18H2,1-4H3,(H,31,33,34). The summed E-state index contributed by atoms with van der Waals surface area (Å²) in [6.07, 6.45) is 7.58. The summed E-state index contributed by atoms with van der Waals surface area (Å²) in [5, 5.41) is 11.4. The van der Waals surface area contributed by atoms with Crippen LogP contribution in [0.5, 0.6) is 0 Å². The summed E-state index contributed by atoms with van der Waals surface area (Å²) in [5.74, 6) is 1.09. The molecule has 0 spiro atoms. The van der Waals surface area contributed by atoms with Crippen molar-refractivity contribution in [3.8, 4) is 11.3 Å². The lowest BCUT2D eigenvalue weighted by Crippen LogP contribution is -2.35. The van der Waals surface area contributed by atoms with Crippen molar-refractivity contribution in [2.75, 3.05) is 25.1 Å². The lowest BCUT2D eigenvalue weighted by Gasteiger charge is -2.26. The van der Waals surface area contributed by atoms with Crippen LogP contribution in [-0.4, -0.2) is 66.4 Å². The van der Waals surface area contributed by atoms with Crippen LogP contribution >= 0.6 is 0 Å². The van der Waals surface area contributed by atoms with Crippen LogP contribution in [0.4, 0.5) is 11.6 Å². The Morgan fingerprint density at radius 3 is 2.78 bits per heavy atom. The minimum atomic E-state index is -0.310. The zero-order valence-corrected chi connectivity index (χ0v) is 24.0. The Morgan fingerprint density at radius 1 is 1.17 bits per heavy atom. The number of benzene rings is 1. The number of ether oxygens (including phenoxy) is 1. The average Bonchev–Trinajstić information content (AvgIpc) is 3.71. The fraction of sp³-hybridized carbons (Fsp3) is 0.467. The molecule has 2 unspecified atom stereocenters. The molecule has 3 aromatic heterocycles. The minimum Gasteiger partial charge on any atom is -0.380 e. The molecule has 1 fully saturated rings. The second-order valence-corrected chi connectivity index (χ2v) is 12.0. The molecule has 11 heteroatoms. The Balaban J connectivity index is 1.28. The number of nitrogens with one attached hydrogen (secondary N) is 1. The number of aromatic nitrogens is 6. The number of ketones is 1. The first kappa shape index (κ1) is 27.2. The minimum absolute atomic E-state index is 0.0451. The van der Waals surface area contributed by atoms with Crippen LogP contribution in [0.1, 0.15) is 73.6 Å². The summed E-state index contributed by atoms with van der Waals surface area (Å²) in [5.41, 5.74) is 4.73. The highest BCUT2D eigenvalue weighted by Gasteiger charge is 2.32. The van der Waals surface area contributed by atoms with E-state index in [2.05, 4.69) is 48.6 Å². The maximum Gasteiger partial charge on any atom is 0.238 e. The van der Waals surface area contributed by atoms with Gasteiger partial charge in [0, 0.05) is 56.0 Å². The molecular weight excluding hydrogens is 520 g/mol. The molecule has 0 saturated carbocycles. The molecule has 2 atom stereocenters. The number of rotatable bonds is 7. The molecule has 41 heavy (non-hydrogen) atoms. The largest absolute Gasteiger partial charge is 0.380 e. The van der Waals surface area contributed by atoms with Crippen molar-refractivity contribution in [3.63, 3.8) is 0 Å². The number of anilines is 2. The molecule has 0 bridgehead atoms. The predicted molar refractivity (Wildman–Crippen MR) is 153 cm³/mol. The molecule has 1 saturated heterocycles. The Bertz CT molecular complexity index is 1530. The van der Waals surface area contributed by atoms with E-state index in [1.54, 1.807) is 17.1 Å². The van der Waals surface area contributed by atoms with E-state index >= 15 is 0 Å². The third-order valence-corrected chi connectivity index (χ3v) is 7.80. The molecule has 0 radical (unpaired) electrons. The van der Waals surface area contributed by atoms with E-state index in [0.29, 0.717) is 24.3 Å². The van der Waals surface area contributed by atoms with Crippen LogP contribution in [0.3, 0.4) is 0 Å². The van der Waals surface area contributed by atoms with Crippen molar-refractivity contribution < 1.29 is 14.1 Å². The number of hydrogen-bond acceptors (Lipinski definition) is 10. The van der Waals surface area contributed by atoms with E-state index in [-0.39, 0.29) is 22.9 Å². The maximum atomic E-state index is 13.3. The average molecular weight is 557 g/mol. The highest BCUT2D eigenvalue weighted by Crippen LogP contribution is 2.36. The molecule has 0 aliphatic carbocycles. The molecule has 2 aliphatic heterocycles. The number of carbonyl (C=O) groups excluding carboxylic acids is 1. The third kappa shape index (κ3) is 6.06. The molecule has 4 aromatic rings. The molecule has 5 heterocycles. The van der Waals surface area contributed by atoms with Crippen LogP contribution in [0.25, 0.3) is 11.3 Å². The van der Waals surface area contributed by atoms with Crippen molar-refractivity contribution in [2.24, 2.45) is 7.05 Å². The van der Waals surface area contributed by atoms with Gasteiger partial charge < -0.3 is 14.6 Å². The van der Waals surface area contributed by atoms with Gasteiger partial charge in [-0.15, -0.1) is 0 Å². The fourth-order valence-electron chi connectivity index (χ4n) is 5.56. The van der Waals surface area contributed by atoms with Gasteiger partial charge in [-0.25, -0.2) is 9.97 Å². The first-order valence-electron chi connectivity index (χ1n) is 14.1. The lowest BCUT2D eigenvalue weighted by atomic mass is 9.87. The number of aryl methyl sites for hydroxylation is 1. The van der Waals surface area contributed by atoms with Gasteiger partial charge in [-0.1, -0.05) is 38.1 Å². The molecule has 0 amide bonds. The van der Waals surface area contributed by atoms with E-state index in [1.807, 2.05) is 40.1 Å². The van der Waals surface area contributed by atoms with E-state index in [0.717, 1.165) is 56.1 Å². The molecule has 6 rings (SSSR count). The Hall–Kier alpha value is -3.96. The number of hydrogen-bond donors (Lipinski definition) is 1. The Labute approximate surface area is 239 Å². The van der Waals surface area contributed by atoms with Gasteiger partial charge in [-0.3, -0.25) is 14.4 Å². The van der Waals surface area contributed by atoms with Gasteiger partial charge in [0.2, 0.25) is 23.4 Å². The van der Waals surface area contributed by atoms with Crippen LogP contribution < -0.4 is 5.32 Å². The maximum absolute atomic E-state index is 13.3. The summed E-state index contributed by atoms with van der Waals surface area (Å²) in [6, 6.07) is 8.75. The molecule has 2 aliphatic rings. The smallest absolute Gasteiger partial charge is 0.238 e. The predicted octanol–water partition coefficient (Wildman–Crippen LogP) is 4.65. The number of Topliss-reactive ketones (excluding diaryl/α,β-unsaturated/α-hetero) is 1. The summed E-state index contributed by atoms with van der Waals surface area (Å²) < 4.78 is 12.9. The van der Waals surface area contributed by atoms with Crippen molar-refractivity contribution in [3.05, 3.63) is 65.7 Å². The van der Waals surface area contributed by atoms with Gasteiger partial charge in [-0.2, -0.15) is 10.1 Å². The van der Waals surface area contributed by atoms with Gasteiger partial charge in [0.15, 0.2) is 0 Å². The van der Waals surface area contributed by atoms with Gasteiger partial charge in [0.25, 0.3) is 0 Å². The van der Waals surface area contributed by atoms with Gasteiger partial charge in [0.1, 0.15) is 0 Å². The molecule has 1 aromatic carbocycles. The first-order chi connectivity index (χ1) is 19.7. The van der Waals surface area contributed by atoms with Crippen molar-refractivity contribution in [2.45, 2.75) is 64.0 Å². The van der Waals surface area contributed by atoms with Crippen LogP contribution in [0.2, 0.25) is 0 Å². The Kier molecular flexibility index (Phi) is 7.39. The summed E-state index contributed by atoms with van der Waals surface area (Å²) in [6.45, 7) is 9.19. The van der Waals surface area contributed by atoms with E-state index in [9.17, 15) is 4.79 Å². The van der Waals surface area contributed by atoms with Crippen LogP contribution in [-0.2, 0) is 23.7 Å². The second kappa shape index (κ2) is 11.1. The van der Waals surface area contributed by atoms with Crippen LogP contribution in [0.15, 0.2) is 47.4 Å². The fourth-order valence-corrected chi connectivity index (χ4v) is 5.56. The summed E-state index contributed by atoms with van der Waals surface area (Å²) in [4.78, 5) is 29.4. The van der Waals surface area contributed by atoms with Crippen molar-refractivity contribution in [1.29, 1.82) is 0 Å². The van der Waals surface area contributed by atoms with Gasteiger partial charge in [0.05, 0.1) is 24.2 Å². The number of carbonyl (C=O) groups is 1. The SMILES string of the molecule is Cn1cc(Nc2nccc(-c3ccc4c(c3)CN(C3CCOC3)CCC4CC(=O)c3noc(C(C)(C)C)n3)n2)cn1. The normalized spacial score (nSPS) is 19.6. The van der Waals surface area contributed by atoms with Gasteiger partial charge in [-0.05, 0) is 48.6 Å². The zero-order chi connectivity index (χ0) is 28.6. The molecule has 214 valence electrons. The summed E-state index contributed by atoms with van der Waals surface area (Å²) in [7, 11) is 1.87. The first-order valence-corrected chi connectivity index (χ1v) is 14.1. The van der Waals surface area contributed by atoms with Crippen LogP contribution in [0, 0.1) is 0 Å². The quantitative estimate of drug-likeness (QED) is 0.322. The molecular formula is C30H36N8O3. The molecule has 1 N–H and O–H groups in total. The molecule has 11 nitrogen and oxygen atoms in total. The van der Waals surface area contributed by atoms with Gasteiger partial charge >= 0.3 is 0 Å². The number of nitrogens with zero attached hydrogens (tertiary/aromatic N) is 7. The zero-order valence-electron chi connectivity index (χ0n) is 24.0. The monoisotopic (exact) mass is 556 g/mol. The van der Waals surface area contributed by atoms with Crippen molar-refractivity contribution >= 4 is 17.4 Å². The number of fused-ring (bicyclic) bond motifs is 1. The topological polar surface area (TPSA) is 124 Å². The van der Waals surface area contributed by atoms with E-state index in [4.69, 9.17) is 14.2 Å². The van der Waals surface area contributed by atoms with E-state index < -0.39 is 0 Å². The second-order valence-electron chi connectivity index (χ2n) is 12.0. The van der Waals surface area contributed by atoms with E-state index in [1.165, 1.54) is 11.1 Å².